The molecule has 2 aromatic carbocycles. The van der Waals surface area contributed by atoms with Gasteiger partial charge in [0, 0.05) is 27.8 Å². The number of nitrogens with zero attached hydrogens (tertiary/aromatic N) is 1. The first kappa shape index (κ1) is 22.0. The lowest BCUT2D eigenvalue weighted by Crippen LogP contribution is -2.31. The molecule has 2 N–H and O–H groups in total. The molecule has 0 bridgehead atoms. The van der Waals surface area contributed by atoms with Crippen molar-refractivity contribution in [2.75, 3.05) is 32.1 Å². The second-order valence-corrected chi connectivity index (χ2v) is 7.31. The van der Waals surface area contributed by atoms with Gasteiger partial charge in [0.2, 0.25) is 0 Å². The number of ether oxygens (including phenoxy) is 2. The van der Waals surface area contributed by atoms with Gasteiger partial charge in [-0.3, -0.25) is 4.79 Å². The monoisotopic (exact) mass is 450 g/mol. The Morgan fingerprint density at radius 3 is 2.57 bits per heavy atom. The molecule has 1 aliphatic heterocycles. The summed E-state index contributed by atoms with van der Waals surface area (Å²) in [6.07, 6.45) is 0. The molecule has 0 atom stereocenters. The predicted molar refractivity (Wildman–Crippen MR) is 114 cm³/mol. The van der Waals surface area contributed by atoms with Crippen molar-refractivity contribution in [3.05, 3.63) is 69.3 Å². The van der Waals surface area contributed by atoms with Crippen LogP contribution in [0.25, 0.3) is 0 Å². The number of rotatable bonds is 8. The Labute approximate surface area is 183 Å². The highest BCUT2D eigenvalue weighted by Gasteiger charge is 2.34. The zero-order valence-corrected chi connectivity index (χ0v) is 17.7. The van der Waals surface area contributed by atoms with Crippen molar-refractivity contribution in [2.24, 2.45) is 0 Å². The van der Waals surface area contributed by atoms with Crippen molar-refractivity contribution >= 4 is 40.8 Å². The number of hydrogen-bond acceptors (Lipinski definition) is 6. The van der Waals surface area contributed by atoms with E-state index < -0.39 is 5.97 Å². The highest BCUT2D eigenvalue weighted by molar-refractivity contribution is 6.35. The number of aliphatic hydroxyl groups excluding tert-OH is 1. The average Bonchev–Trinajstić information content (AvgIpc) is 3.04. The smallest absolute Gasteiger partial charge is 0.337 e. The Morgan fingerprint density at radius 2 is 1.93 bits per heavy atom. The first-order chi connectivity index (χ1) is 14.4. The molecule has 0 saturated heterocycles. The molecule has 1 aliphatic rings. The molecule has 30 heavy (non-hydrogen) atoms. The van der Waals surface area contributed by atoms with E-state index in [2.05, 4.69) is 5.32 Å². The number of anilines is 1. The van der Waals surface area contributed by atoms with E-state index in [1.807, 2.05) is 0 Å². The second-order valence-electron chi connectivity index (χ2n) is 6.47. The number of esters is 1. The van der Waals surface area contributed by atoms with Crippen LogP contribution in [-0.2, 0) is 20.9 Å². The molecular formula is C21H20Cl2N2O5. The first-order valence-electron chi connectivity index (χ1n) is 9.08. The fraction of sp³-hybridized carbons (Fsp3) is 0.238. The van der Waals surface area contributed by atoms with Gasteiger partial charge in [-0.2, -0.15) is 0 Å². The van der Waals surface area contributed by atoms with Crippen LogP contribution in [0.3, 0.4) is 0 Å². The summed E-state index contributed by atoms with van der Waals surface area (Å²) in [7, 11) is 1.26. The molecule has 9 heteroatoms. The van der Waals surface area contributed by atoms with E-state index in [0.29, 0.717) is 21.5 Å². The van der Waals surface area contributed by atoms with Gasteiger partial charge in [-0.1, -0.05) is 29.3 Å². The molecule has 0 fully saturated rings. The van der Waals surface area contributed by atoms with Gasteiger partial charge in [-0.15, -0.1) is 0 Å². The van der Waals surface area contributed by atoms with Crippen LogP contribution in [0.5, 0.6) is 5.75 Å². The van der Waals surface area contributed by atoms with Crippen molar-refractivity contribution in [3.63, 3.8) is 0 Å². The molecule has 3 rings (SSSR count). The number of carbonyl (C=O) groups excluding carboxylic acids is 2. The normalized spacial score (nSPS) is 13.6. The molecule has 0 radical (unpaired) electrons. The van der Waals surface area contributed by atoms with E-state index in [1.54, 1.807) is 42.5 Å². The molecule has 1 heterocycles. The maximum atomic E-state index is 12.6. The van der Waals surface area contributed by atoms with Crippen LogP contribution in [0.2, 0.25) is 10.0 Å². The van der Waals surface area contributed by atoms with Gasteiger partial charge in [0.15, 0.2) is 0 Å². The highest BCUT2D eigenvalue weighted by atomic mass is 35.5. The zero-order valence-electron chi connectivity index (χ0n) is 16.2. The van der Waals surface area contributed by atoms with Gasteiger partial charge in [0.25, 0.3) is 5.91 Å². The van der Waals surface area contributed by atoms with E-state index in [9.17, 15) is 9.59 Å². The predicted octanol–water partition coefficient (Wildman–Crippen LogP) is 3.25. The number of β-amino-alcohol motifs (C(OH)–C–C–N with tert-alkyl or cyclic N) is 1. The van der Waals surface area contributed by atoms with Gasteiger partial charge in [-0.05, 0) is 36.4 Å². The average molecular weight is 451 g/mol. The Morgan fingerprint density at radius 1 is 1.20 bits per heavy atom. The number of nitrogens with one attached hydrogen (secondary N) is 1. The lowest BCUT2D eigenvalue weighted by Gasteiger charge is -2.15. The van der Waals surface area contributed by atoms with Crippen LogP contribution in [-0.4, -0.2) is 48.7 Å². The largest absolute Gasteiger partial charge is 0.489 e. The molecular weight excluding hydrogens is 431 g/mol. The number of carbonyl (C=O) groups is 2. The van der Waals surface area contributed by atoms with Gasteiger partial charge in [0.05, 0.1) is 25.8 Å². The fourth-order valence-corrected chi connectivity index (χ4v) is 3.39. The number of amides is 1. The minimum atomic E-state index is -0.592. The summed E-state index contributed by atoms with van der Waals surface area (Å²) < 4.78 is 10.5. The van der Waals surface area contributed by atoms with Crippen LogP contribution >= 0.6 is 23.2 Å². The minimum Gasteiger partial charge on any atom is -0.489 e. The first-order valence-corrected chi connectivity index (χ1v) is 9.84. The van der Waals surface area contributed by atoms with E-state index in [1.165, 1.54) is 12.0 Å². The van der Waals surface area contributed by atoms with Crippen LogP contribution in [0, 0.1) is 0 Å². The summed E-state index contributed by atoms with van der Waals surface area (Å²) in [5.74, 6) is -0.360. The molecule has 0 aliphatic carbocycles. The number of hydrogen-bond donors (Lipinski definition) is 2. The molecule has 2 aromatic rings. The van der Waals surface area contributed by atoms with Crippen LogP contribution in [0.15, 0.2) is 53.7 Å². The van der Waals surface area contributed by atoms with Crippen molar-refractivity contribution < 1.29 is 24.2 Å². The Hall–Kier alpha value is -2.74. The molecule has 0 aromatic heterocycles. The number of halogens is 2. The lowest BCUT2D eigenvalue weighted by molar-refractivity contribution is -0.136. The molecule has 158 valence electrons. The third kappa shape index (κ3) is 5.05. The quantitative estimate of drug-likeness (QED) is 0.600. The molecule has 0 saturated carbocycles. The number of benzene rings is 2. The minimum absolute atomic E-state index is 0.0808. The second kappa shape index (κ2) is 9.84. The molecule has 0 unspecified atom stereocenters. The van der Waals surface area contributed by atoms with Crippen molar-refractivity contribution in [2.45, 2.75) is 6.61 Å². The topological polar surface area (TPSA) is 88.1 Å². The van der Waals surface area contributed by atoms with Gasteiger partial charge in [0.1, 0.15) is 18.1 Å². The number of aliphatic hydroxyl groups is 1. The summed E-state index contributed by atoms with van der Waals surface area (Å²) in [6.45, 7) is 0.286. The SMILES string of the molecule is COC(=O)C1=C(Nc2ccc(OCc3ccc(Cl)cc3Cl)cc2)C(=O)N(CCO)C1. The fourth-order valence-electron chi connectivity index (χ4n) is 2.93. The standard InChI is InChI=1S/C21H20Cl2N2O5/c1-29-21(28)17-11-25(8-9-26)20(27)19(17)24-15-4-6-16(7-5-15)30-12-13-2-3-14(22)10-18(13)23/h2-7,10,24,26H,8-9,11-12H2,1H3. The zero-order chi connectivity index (χ0) is 21.7. The summed E-state index contributed by atoms with van der Waals surface area (Å²) in [6, 6.07) is 12.1. The summed E-state index contributed by atoms with van der Waals surface area (Å²) in [5, 5.41) is 13.2. The molecule has 1 amide bonds. The van der Waals surface area contributed by atoms with Gasteiger partial charge < -0.3 is 24.8 Å². The highest BCUT2D eigenvalue weighted by Crippen LogP contribution is 2.26. The lowest BCUT2D eigenvalue weighted by atomic mass is 10.2. The maximum Gasteiger partial charge on any atom is 0.337 e. The van der Waals surface area contributed by atoms with Crippen LogP contribution < -0.4 is 10.1 Å². The van der Waals surface area contributed by atoms with Crippen molar-refractivity contribution in [3.8, 4) is 5.75 Å². The van der Waals surface area contributed by atoms with Crippen LogP contribution in [0.1, 0.15) is 5.56 Å². The summed E-state index contributed by atoms with van der Waals surface area (Å²) in [5.41, 5.74) is 1.75. The Kier molecular flexibility index (Phi) is 7.20. The van der Waals surface area contributed by atoms with Crippen molar-refractivity contribution in [1.29, 1.82) is 0 Å². The molecule has 0 spiro atoms. The van der Waals surface area contributed by atoms with Gasteiger partial charge in [-0.25, -0.2) is 4.79 Å². The maximum absolute atomic E-state index is 12.6. The van der Waals surface area contributed by atoms with Crippen LogP contribution in [0.4, 0.5) is 5.69 Å². The third-order valence-corrected chi connectivity index (χ3v) is 5.07. The third-order valence-electron chi connectivity index (χ3n) is 4.49. The van der Waals surface area contributed by atoms with E-state index >= 15 is 0 Å². The van der Waals surface area contributed by atoms with E-state index in [-0.39, 0.29) is 43.5 Å². The molecule has 7 nitrogen and oxygen atoms in total. The van der Waals surface area contributed by atoms with E-state index in [4.69, 9.17) is 37.8 Å². The Balaban J connectivity index is 1.69. The summed E-state index contributed by atoms with van der Waals surface area (Å²) in [4.78, 5) is 26.0. The van der Waals surface area contributed by atoms with E-state index in [0.717, 1.165) is 5.56 Å². The number of methoxy groups -OCH3 is 1. The summed E-state index contributed by atoms with van der Waals surface area (Å²) >= 11 is 12.0. The van der Waals surface area contributed by atoms with Gasteiger partial charge >= 0.3 is 5.97 Å². The van der Waals surface area contributed by atoms with Crippen molar-refractivity contribution in [1.82, 2.24) is 4.90 Å². The Bertz CT molecular complexity index is 976.